The van der Waals surface area contributed by atoms with E-state index < -0.39 is 51.0 Å². The summed E-state index contributed by atoms with van der Waals surface area (Å²) in [4.78, 5) is 13.4. The van der Waals surface area contributed by atoms with Crippen LogP contribution < -0.4 is 0 Å². The first-order chi connectivity index (χ1) is 21.4. The molecule has 242 valence electrons. The Bertz CT molecular complexity index is 1390. The Kier molecular flexibility index (Phi) is 12.7. The van der Waals surface area contributed by atoms with Crippen LogP contribution in [0.15, 0.2) is 95.4 Å². The zero-order valence-electron chi connectivity index (χ0n) is 27.0. The number of ether oxygens (including phenoxy) is 4. The summed E-state index contributed by atoms with van der Waals surface area (Å²) in [5, 5.41) is -0.0415. The van der Waals surface area contributed by atoms with Gasteiger partial charge in [-0.25, -0.2) is 4.21 Å². The number of hydrogen-bond acceptors (Lipinski definition) is 7. The highest BCUT2D eigenvalue weighted by molar-refractivity contribution is 8.14. The van der Waals surface area contributed by atoms with Gasteiger partial charge in [-0.2, -0.15) is 4.40 Å². The van der Waals surface area contributed by atoms with Crippen molar-refractivity contribution in [3.63, 3.8) is 0 Å². The maximum absolute atomic E-state index is 13.4. The Morgan fingerprint density at radius 1 is 0.733 bits per heavy atom. The van der Waals surface area contributed by atoms with Crippen molar-refractivity contribution >= 4 is 34.1 Å². The summed E-state index contributed by atoms with van der Waals surface area (Å²) >= 11 is 1.10. The summed E-state index contributed by atoms with van der Waals surface area (Å²) < 4.78 is 43.3. The van der Waals surface area contributed by atoms with Crippen LogP contribution in [0.2, 0.25) is 0 Å². The number of carbonyl (C=O) groups excluding carboxylic acids is 1. The van der Waals surface area contributed by atoms with Crippen molar-refractivity contribution in [1.29, 1.82) is 0 Å². The zero-order chi connectivity index (χ0) is 32.5. The molecule has 1 heterocycles. The molecule has 4 rings (SSSR count). The molecule has 1 saturated heterocycles. The molecule has 1 aliphatic rings. The molecule has 0 radical (unpaired) electrons. The van der Waals surface area contributed by atoms with Crippen molar-refractivity contribution in [2.24, 2.45) is 9.81 Å². The summed E-state index contributed by atoms with van der Waals surface area (Å²) in [6, 6.07) is 29.6. The molecule has 0 amide bonds. The average Bonchev–Trinajstić information content (AvgIpc) is 3.01. The van der Waals surface area contributed by atoms with Gasteiger partial charge in [0.25, 0.3) is 0 Å². The largest absolute Gasteiger partial charge is 0.368 e. The first-order valence-corrected chi connectivity index (χ1v) is 17.2. The van der Waals surface area contributed by atoms with E-state index >= 15 is 0 Å². The van der Waals surface area contributed by atoms with E-state index in [1.165, 1.54) is 0 Å². The maximum atomic E-state index is 13.4. The van der Waals surface area contributed by atoms with Gasteiger partial charge in [0.2, 0.25) is 0 Å². The van der Waals surface area contributed by atoms with Crippen molar-refractivity contribution in [1.82, 2.24) is 0 Å². The van der Waals surface area contributed by atoms with Crippen LogP contribution in [-0.2, 0) is 54.5 Å². The molecule has 7 nitrogen and oxygen atoms in total. The average molecular weight is 652 g/mol. The first-order valence-electron chi connectivity index (χ1n) is 15.2. The Hall–Kier alpha value is -2.66. The molecule has 3 aromatic carbocycles. The van der Waals surface area contributed by atoms with Crippen LogP contribution >= 0.6 is 11.8 Å². The van der Waals surface area contributed by atoms with E-state index in [2.05, 4.69) is 4.40 Å². The highest BCUT2D eigenvalue weighted by Gasteiger charge is 2.49. The second-order valence-electron chi connectivity index (χ2n) is 13.0. The molecule has 0 spiro atoms. The fourth-order valence-corrected chi connectivity index (χ4v) is 6.12. The van der Waals surface area contributed by atoms with Crippen molar-refractivity contribution in [2.45, 2.75) is 96.0 Å². The molecular weight excluding hydrogens is 607 g/mol. The van der Waals surface area contributed by atoms with Crippen LogP contribution in [-0.4, -0.2) is 50.1 Å². The summed E-state index contributed by atoms with van der Waals surface area (Å²) in [7, 11) is -1.52. The molecule has 0 saturated carbocycles. The lowest BCUT2D eigenvalue weighted by molar-refractivity contribution is -0.231. The molecule has 3 aromatic rings. The minimum Gasteiger partial charge on any atom is -0.368 e. The van der Waals surface area contributed by atoms with E-state index in [9.17, 15) is 9.00 Å². The maximum Gasteiger partial charge on any atom is 0.196 e. The number of carbonyl (C=O) groups is 1. The fraction of sp³-hybridized carbons (Fsp3) is 0.444. The Labute approximate surface area is 274 Å². The van der Waals surface area contributed by atoms with Gasteiger partial charge >= 0.3 is 0 Å². The van der Waals surface area contributed by atoms with E-state index in [0.717, 1.165) is 28.5 Å². The molecule has 0 unspecified atom stereocenters. The second kappa shape index (κ2) is 16.3. The van der Waals surface area contributed by atoms with Gasteiger partial charge in [-0.1, -0.05) is 124 Å². The molecule has 1 fully saturated rings. The van der Waals surface area contributed by atoms with Crippen LogP contribution in [0, 0.1) is 5.41 Å². The highest BCUT2D eigenvalue weighted by Crippen LogP contribution is 2.38. The molecule has 0 aliphatic carbocycles. The standard InChI is InChI=1S/C36H45NO6S2/c1-35(2,3)34(38)44-33-32(42-25-28-20-14-9-15-21-28)31(41-24-27-18-12-8-13-19-27)30(40-23-26-16-10-7-11-17-26)29(43-33)22-37-45(39)36(4,5)6/h7-22,29-33H,23-25H2,1-6H3/b37-22+/t29-,30+,31+,32-,33-,45-/m1/s1. The second-order valence-corrected chi connectivity index (χ2v) is 16.0. The van der Waals surface area contributed by atoms with E-state index in [1.54, 1.807) is 6.21 Å². The number of hydrogen-bond donors (Lipinski definition) is 0. The SMILES string of the molecule is CC(C)(C)C(=O)S[C@H]1O[C@H](/C=N/[S@](=O)C(C)(C)C)[C@H](OCc2ccccc2)[C@H](OCc2ccccc2)[C@H]1OCc1ccccc1. The lowest BCUT2D eigenvalue weighted by atomic mass is 9.99. The third-order valence-corrected chi connectivity index (χ3v) is 9.85. The number of thioether (sulfide) groups is 1. The molecular formula is C36H45NO6S2. The normalized spacial score (nSPS) is 23.2. The van der Waals surface area contributed by atoms with Crippen LogP contribution in [0.3, 0.4) is 0 Å². The van der Waals surface area contributed by atoms with Gasteiger partial charge in [-0.05, 0) is 37.5 Å². The third kappa shape index (κ3) is 10.7. The van der Waals surface area contributed by atoms with Crippen LogP contribution in [0.4, 0.5) is 0 Å². The minimum atomic E-state index is -1.52. The minimum absolute atomic E-state index is 0.0415. The van der Waals surface area contributed by atoms with Crippen molar-refractivity contribution in [3.8, 4) is 0 Å². The van der Waals surface area contributed by atoms with Gasteiger partial charge in [0.1, 0.15) is 40.8 Å². The van der Waals surface area contributed by atoms with Gasteiger partial charge in [-0.15, -0.1) is 0 Å². The van der Waals surface area contributed by atoms with E-state index in [1.807, 2.05) is 133 Å². The van der Waals surface area contributed by atoms with Gasteiger partial charge in [0.15, 0.2) is 5.12 Å². The predicted molar refractivity (Wildman–Crippen MR) is 182 cm³/mol. The van der Waals surface area contributed by atoms with Crippen molar-refractivity contribution in [2.75, 3.05) is 0 Å². The van der Waals surface area contributed by atoms with Crippen molar-refractivity contribution < 1.29 is 28.0 Å². The Balaban J connectivity index is 1.74. The molecule has 0 aromatic heterocycles. The van der Waals surface area contributed by atoms with Crippen LogP contribution in [0.25, 0.3) is 0 Å². The Morgan fingerprint density at radius 2 is 1.16 bits per heavy atom. The van der Waals surface area contributed by atoms with E-state index in [0.29, 0.717) is 13.2 Å². The summed E-state index contributed by atoms with van der Waals surface area (Å²) in [6.07, 6.45) is -1.22. The monoisotopic (exact) mass is 651 g/mol. The summed E-state index contributed by atoms with van der Waals surface area (Å²) in [5.74, 6) is 0. The van der Waals surface area contributed by atoms with E-state index in [4.69, 9.17) is 18.9 Å². The van der Waals surface area contributed by atoms with Gasteiger partial charge in [0.05, 0.1) is 24.6 Å². The molecule has 0 bridgehead atoms. The van der Waals surface area contributed by atoms with Gasteiger partial charge in [0, 0.05) is 11.6 Å². The smallest absolute Gasteiger partial charge is 0.196 e. The van der Waals surface area contributed by atoms with Crippen molar-refractivity contribution in [3.05, 3.63) is 108 Å². The molecule has 1 aliphatic heterocycles. The molecule has 45 heavy (non-hydrogen) atoms. The first kappa shape index (κ1) is 35.2. The summed E-state index contributed by atoms with van der Waals surface area (Å²) in [6.45, 7) is 12.1. The van der Waals surface area contributed by atoms with Gasteiger partial charge in [-0.3, -0.25) is 4.79 Å². The topological polar surface area (TPSA) is 83.4 Å². The highest BCUT2D eigenvalue weighted by atomic mass is 32.2. The third-order valence-electron chi connectivity index (χ3n) is 7.05. The summed E-state index contributed by atoms with van der Waals surface area (Å²) in [5.41, 5.74) is 1.60. The zero-order valence-corrected chi connectivity index (χ0v) is 28.6. The van der Waals surface area contributed by atoms with E-state index in [-0.39, 0.29) is 11.7 Å². The fourth-order valence-electron chi connectivity index (χ4n) is 4.46. The van der Waals surface area contributed by atoms with Crippen LogP contribution in [0.5, 0.6) is 0 Å². The number of nitrogens with zero attached hydrogens (tertiary/aromatic N) is 1. The molecule has 6 atom stereocenters. The number of rotatable bonds is 12. The lowest BCUT2D eigenvalue weighted by Gasteiger charge is -2.45. The lowest BCUT2D eigenvalue weighted by Crippen LogP contribution is -2.60. The molecule has 9 heteroatoms. The van der Waals surface area contributed by atoms with Crippen LogP contribution in [0.1, 0.15) is 58.2 Å². The predicted octanol–water partition coefficient (Wildman–Crippen LogP) is 7.31. The van der Waals surface area contributed by atoms with Gasteiger partial charge < -0.3 is 18.9 Å². The quantitative estimate of drug-likeness (QED) is 0.190. The number of benzene rings is 3. The Morgan fingerprint density at radius 3 is 1.58 bits per heavy atom. The molecule has 0 N–H and O–H groups in total.